The second-order valence-corrected chi connectivity index (χ2v) is 11.6. The molecule has 182 valence electrons. The normalized spacial score (nSPS) is 20.5. The van der Waals surface area contributed by atoms with E-state index in [4.69, 9.17) is 5.10 Å². The van der Waals surface area contributed by atoms with Gasteiger partial charge in [-0.3, -0.25) is 9.69 Å². The van der Waals surface area contributed by atoms with E-state index in [9.17, 15) is 13.2 Å². The minimum Gasteiger partial charge on any atom is -0.337 e. The van der Waals surface area contributed by atoms with Gasteiger partial charge in [-0.05, 0) is 31.6 Å². The van der Waals surface area contributed by atoms with Crippen molar-refractivity contribution < 1.29 is 13.2 Å². The molecule has 1 atom stereocenters. The van der Waals surface area contributed by atoms with Crippen LogP contribution in [-0.2, 0) is 14.6 Å². The molecule has 0 N–H and O–H groups in total. The Labute approximate surface area is 206 Å². The molecule has 0 radical (unpaired) electrons. The molecule has 2 fully saturated rings. The first kappa shape index (κ1) is 23.5. The lowest BCUT2D eigenvalue weighted by Crippen LogP contribution is -2.52. The zero-order valence-electron chi connectivity index (χ0n) is 19.9. The molecule has 1 aromatic heterocycles. The third-order valence-corrected chi connectivity index (χ3v) is 8.59. The summed E-state index contributed by atoms with van der Waals surface area (Å²) in [7, 11) is -2.90. The van der Waals surface area contributed by atoms with E-state index in [0.29, 0.717) is 32.6 Å². The van der Waals surface area contributed by atoms with E-state index in [2.05, 4.69) is 36.1 Å². The molecule has 2 aromatic carbocycles. The highest BCUT2D eigenvalue weighted by atomic mass is 32.2. The average molecular weight is 491 g/mol. The Bertz CT molecular complexity index is 1320. The monoisotopic (exact) mass is 490 g/mol. The minimum atomic E-state index is -2.90. The van der Waals surface area contributed by atoms with Crippen molar-refractivity contribution in [2.24, 2.45) is 0 Å². The first-order valence-electron chi connectivity index (χ1n) is 12.0. The van der Waals surface area contributed by atoms with Crippen molar-refractivity contribution in [1.82, 2.24) is 19.6 Å². The number of piperazine rings is 1. The van der Waals surface area contributed by atoms with Crippen LogP contribution in [0.2, 0.25) is 0 Å². The Morgan fingerprint density at radius 3 is 2.37 bits per heavy atom. The number of aromatic nitrogens is 2. The fraction of sp³-hybridized carbons (Fsp3) is 0.333. The molecule has 0 spiro atoms. The standard InChI is InChI=1S/C27H30N4O3S/c1-21-7-9-22(10-8-21)27-23(19-31(28-27)24-5-3-2-4-6-24)11-12-26(32)30-16-14-29(15-17-30)25-13-18-35(33,34)20-25/h2-12,19,25H,13-18,20H2,1H3/b12-11+/t25-/m1/s1. The van der Waals surface area contributed by atoms with Gasteiger partial charge in [0.1, 0.15) is 0 Å². The summed E-state index contributed by atoms with van der Waals surface area (Å²) in [5.74, 6) is 0.485. The van der Waals surface area contributed by atoms with Gasteiger partial charge in [-0.15, -0.1) is 0 Å². The van der Waals surface area contributed by atoms with E-state index in [1.165, 1.54) is 5.56 Å². The number of hydrogen-bond acceptors (Lipinski definition) is 5. The molecule has 3 aromatic rings. The third kappa shape index (κ3) is 5.39. The molecule has 0 aliphatic carbocycles. The summed E-state index contributed by atoms with van der Waals surface area (Å²) in [5, 5.41) is 4.82. The SMILES string of the molecule is Cc1ccc(-c2nn(-c3ccccc3)cc2/C=C/C(=O)N2CCN([C@@H]3CCS(=O)(=O)C3)CC2)cc1. The zero-order valence-corrected chi connectivity index (χ0v) is 20.7. The molecule has 0 unspecified atom stereocenters. The molecular weight excluding hydrogens is 460 g/mol. The van der Waals surface area contributed by atoms with Crippen molar-refractivity contribution in [3.05, 3.63) is 78.0 Å². The highest BCUT2D eigenvalue weighted by Crippen LogP contribution is 2.26. The molecule has 0 bridgehead atoms. The van der Waals surface area contributed by atoms with Crippen LogP contribution in [-0.4, -0.2) is 77.6 Å². The second kappa shape index (κ2) is 9.79. The third-order valence-electron chi connectivity index (χ3n) is 6.84. The molecule has 35 heavy (non-hydrogen) atoms. The minimum absolute atomic E-state index is 0.0361. The number of hydrogen-bond donors (Lipinski definition) is 0. The van der Waals surface area contributed by atoms with Gasteiger partial charge in [0.2, 0.25) is 5.91 Å². The summed E-state index contributed by atoms with van der Waals surface area (Å²) in [6.45, 7) is 4.68. The smallest absolute Gasteiger partial charge is 0.246 e. The molecule has 5 rings (SSSR count). The second-order valence-electron chi connectivity index (χ2n) is 9.33. The van der Waals surface area contributed by atoms with Crippen molar-refractivity contribution in [2.45, 2.75) is 19.4 Å². The van der Waals surface area contributed by atoms with Gasteiger partial charge in [0.15, 0.2) is 9.84 Å². The maximum Gasteiger partial charge on any atom is 0.246 e. The predicted octanol–water partition coefficient (Wildman–Crippen LogP) is 3.19. The fourth-order valence-corrected chi connectivity index (χ4v) is 6.56. The number of sulfone groups is 1. The van der Waals surface area contributed by atoms with Gasteiger partial charge in [0.25, 0.3) is 0 Å². The number of para-hydroxylation sites is 1. The van der Waals surface area contributed by atoms with Crippen LogP contribution in [0.4, 0.5) is 0 Å². The Morgan fingerprint density at radius 1 is 1.00 bits per heavy atom. The van der Waals surface area contributed by atoms with Gasteiger partial charge in [0.05, 0.1) is 22.9 Å². The maximum atomic E-state index is 13.0. The van der Waals surface area contributed by atoms with E-state index in [1.54, 1.807) is 6.08 Å². The van der Waals surface area contributed by atoms with E-state index in [1.807, 2.05) is 52.2 Å². The number of carbonyl (C=O) groups excluding carboxylic acids is 1. The summed E-state index contributed by atoms with van der Waals surface area (Å²) in [4.78, 5) is 17.0. The van der Waals surface area contributed by atoms with Gasteiger partial charge in [0, 0.05) is 55.6 Å². The van der Waals surface area contributed by atoms with Crippen LogP contribution in [0, 0.1) is 6.92 Å². The van der Waals surface area contributed by atoms with Crippen molar-refractivity contribution in [3.8, 4) is 16.9 Å². The summed E-state index contributed by atoms with van der Waals surface area (Å²) < 4.78 is 25.5. The number of benzene rings is 2. The van der Waals surface area contributed by atoms with Crippen LogP contribution < -0.4 is 0 Å². The maximum absolute atomic E-state index is 13.0. The molecular formula is C27H30N4O3S. The van der Waals surface area contributed by atoms with Gasteiger partial charge in [-0.1, -0.05) is 48.0 Å². The van der Waals surface area contributed by atoms with Crippen LogP contribution in [0.15, 0.2) is 66.9 Å². The first-order valence-corrected chi connectivity index (χ1v) is 13.8. The van der Waals surface area contributed by atoms with E-state index >= 15 is 0 Å². The zero-order chi connectivity index (χ0) is 24.4. The van der Waals surface area contributed by atoms with E-state index in [0.717, 1.165) is 22.5 Å². The molecule has 8 heteroatoms. The quantitative estimate of drug-likeness (QED) is 0.514. The summed E-state index contributed by atoms with van der Waals surface area (Å²) in [6, 6.07) is 18.2. The van der Waals surface area contributed by atoms with Crippen molar-refractivity contribution >= 4 is 21.8 Å². The predicted molar refractivity (Wildman–Crippen MR) is 138 cm³/mol. The van der Waals surface area contributed by atoms with Crippen LogP contribution in [0.25, 0.3) is 23.0 Å². The Hall–Kier alpha value is -3.23. The average Bonchev–Trinajstić information content (AvgIpc) is 3.47. The van der Waals surface area contributed by atoms with Crippen LogP contribution in [0.5, 0.6) is 0 Å². The molecule has 2 saturated heterocycles. The largest absolute Gasteiger partial charge is 0.337 e. The lowest BCUT2D eigenvalue weighted by atomic mass is 10.1. The molecule has 3 heterocycles. The molecule has 2 aliphatic heterocycles. The van der Waals surface area contributed by atoms with Crippen LogP contribution in [0.3, 0.4) is 0 Å². The highest BCUT2D eigenvalue weighted by Gasteiger charge is 2.34. The number of aryl methyl sites for hydroxylation is 1. The first-order chi connectivity index (χ1) is 16.9. The van der Waals surface area contributed by atoms with Crippen molar-refractivity contribution in [2.75, 3.05) is 37.7 Å². The van der Waals surface area contributed by atoms with Crippen molar-refractivity contribution in [1.29, 1.82) is 0 Å². The number of amides is 1. The van der Waals surface area contributed by atoms with Gasteiger partial charge in [-0.2, -0.15) is 5.10 Å². The summed E-state index contributed by atoms with van der Waals surface area (Å²) in [6.07, 6.45) is 6.12. The van der Waals surface area contributed by atoms with E-state index < -0.39 is 9.84 Å². The highest BCUT2D eigenvalue weighted by molar-refractivity contribution is 7.91. The Kier molecular flexibility index (Phi) is 6.58. The summed E-state index contributed by atoms with van der Waals surface area (Å²) in [5.41, 5.74) is 4.83. The van der Waals surface area contributed by atoms with Crippen molar-refractivity contribution in [3.63, 3.8) is 0 Å². The molecule has 0 saturated carbocycles. The summed E-state index contributed by atoms with van der Waals surface area (Å²) >= 11 is 0. The van der Waals surface area contributed by atoms with Gasteiger partial charge >= 0.3 is 0 Å². The fourth-order valence-electron chi connectivity index (χ4n) is 4.80. The molecule has 1 amide bonds. The van der Waals surface area contributed by atoms with Crippen LogP contribution >= 0.6 is 0 Å². The lowest BCUT2D eigenvalue weighted by Gasteiger charge is -2.37. The number of nitrogens with zero attached hydrogens (tertiary/aromatic N) is 4. The molecule has 7 nitrogen and oxygen atoms in total. The topological polar surface area (TPSA) is 75.5 Å². The van der Waals surface area contributed by atoms with Crippen LogP contribution in [0.1, 0.15) is 17.5 Å². The Morgan fingerprint density at radius 2 is 1.71 bits per heavy atom. The lowest BCUT2D eigenvalue weighted by molar-refractivity contribution is -0.127. The number of rotatable bonds is 5. The van der Waals surface area contributed by atoms with Gasteiger partial charge < -0.3 is 4.90 Å². The Balaban J connectivity index is 1.31. The molecule has 2 aliphatic rings. The van der Waals surface area contributed by atoms with Gasteiger partial charge in [-0.25, -0.2) is 13.1 Å². The number of carbonyl (C=O) groups is 1. The van der Waals surface area contributed by atoms with E-state index in [-0.39, 0.29) is 23.5 Å².